The maximum absolute atomic E-state index is 12.2. The zero-order chi connectivity index (χ0) is 15.5. The van der Waals surface area contributed by atoms with Crippen molar-refractivity contribution in [3.63, 3.8) is 0 Å². The fraction of sp³-hybridized carbons (Fsp3) is 0.294. The molecule has 5 heteroatoms. The Morgan fingerprint density at radius 3 is 2.55 bits per heavy atom. The SMILES string of the molecule is O=C(N[C@H](Cc1ccccc1)c1cccs1)[C@H]1C[C@H]1C(=O)O. The number of thiophene rings is 1. The molecule has 2 aromatic rings. The van der Waals surface area contributed by atoms with Crippen LogP contribution in [0.5, 0.6) is 0 Å². The summed E-state index contributed by atoms with van der Waals surface area (Å²) in [6.07, 6.45) is 1.15. The van der Waals surface area contributed by atoms with E-state index in [0.717, 1.165) is 10.4 Å². The van der Waals surface area contributed by atoms with Crippen LogP contribution in [0, 0.1) is 11.8 Å². The standard InChI is InChI=1S/C17H17NO3S/c19-16(12-10-13(12)17(20)21)18-14(15-7-4-8-22-15)9-11-5-2-1-3-6-11/h1-8,12-14H,9-10H2,(H,18,19)(H,20,21)/t12-,13+,14+/m0/s1. The van der Waals surface area contributed by atoms with Crippen LogP contribution in [0.1, 0.15) is 22.9 Å². The average Bonchev–Trinajstić information content (AvgIpc) is 3.15. The second-order valence-electron chi connectivity index (χ2n) is 5.55. The Hall–Kier alpha value is -2.14. The van der Waals surface area contributed by atoms with Gasteiger partial charge in [0.2, 0.25) is 5.91 Å². The largest absolute Gasteiger partial charge is 0.481 e. The number of aliphatic carboxylic acids is 1. The van der Waals surface area contributed by atoms with E-state index in [1.165, 1.54) is 0 Å². The number of amides is 1. The Morgan fingerprint density at radius 1 is 1.18 bits per heavy atom. The van der Waals surface area contributed by atoms with Crippen molar-refractivity contribution in [3.05, 3.63) is 58.3 Å². The van der Waals surface area contributed by atoms with Gasteiger partial charge in [0.05, 0.1) is 17.9 Å². The lowest BCUT2D eigenvalue weighted by Crippen LogP contribution is -2.31. The molecule has 4 nitrogen and oxygen atoms in total. The molecule has 1 aliphatic carbocycles. The van der Waals surface area contributed by atoms with Gasteiger partial charge in [-0.15, -0.1) is 11.3 Å². The van der Waals surface area contributed by atoms with E-state index >= 15 is 0 Å². The zero-order valence-corrected chi connectivity index (χ0v) is 12.8. The predicted octanol–water partition coefficient (Wildman–Crippen LogP) is 2.87. The van der Waals surface area contributed by atoms with Gasteiger partial charge < -0.3 is 10.4 Å². The minimum Gasteiger partial charge on any atom is -0.481 e. The summed E-state index contributed by atoms with van der Waals surface area (Å²) < 4.78 is 0. The highest BCUT2D eigenvalue weighted by Gasteiger charge is 2.48. The molecule has 1 aromatic carbocycles. The summed E-state index contributed by atoms with van der Waals surface area (Å²) in [5, 5.41) is 14.0. The minimum atomic E-state index is -0.879. The molecule has 0 unspecified atom stereocenters. The minimum absolute atomic E-state index is 0.107. The molecule has 3 atom stereocenters. The molecule has 3 rings (SSSR count). The van der Waals surface area contributed by atoms with E-state index in [-0.39, 0.29) is 17.9 Å². The highest BCUT2D eigenvalue weighted by atomic mass is 32.1. The van der Waals surface area contributed by atoms with Gasteiger partial charge in [-0.05, 0) is 29.9 Å². The third kappa shape index (κ3) is 3.36. The molecule has 1 aromatic heterocycles. The lowest BCUT2D eigenvalue weighted by atomic mass is 10.0. The van der Waals surface area contributed by atoms with Crippen molar-refractivity contribution in [1.82, 2.24) is 5.32 Å². The van der Waals surface area contributed by atoms with E-state index in [1.807, 2.05) is 47.8 Å². The number of benzene rings is 1. The maximum atomic E-state index is 12.2. The smallest absolute Gasteiger partial charge is 0.307 e. The molecule has 0 spiro atoms. The van der Waals surface area contributed by atoms with Crippen molar-refractivity contribution < 1.29 is 14.7 Å². The molecule has 1 saturated carbocycles. The Balaban J connectivity index is 1.70. The topological polar surface area (TPSA) is 66.4 Å². The Kier molecular flexibility index (Phi) is 4.24. The maximum Gasteiger partial charge on any atom is 0.307 e. The molecule has 22 heavy (non-hydrogen) atoms. The van der Waals surface area contributed by atoms with Crippen LogP contribution in [0.2, 0.25) is 0 Å². The van der Waals surface area contributed by atoms with E-state index in [2.05, 4.69) is 5.32 Å². The van der Waals surface area contributed by atoms with Crippen LogP contribution in [0.25, 0.3) is 0 Å². The number of rotatable bonds is 6. The van der Waals surface area contributed by atoms with Crippen LogP contribution < -0.4 is 5.32 Å². The van der Waals surface area contributed by atoms with Crippen LogP contribution in [-0.4, -0.2) is 17.0 Å². The van der Waals surface area contributed by atoms with E-state index in [4.69, 9.17) is 5.11 Å². The number of hydrogen-bond acceptors (Lipinski definition) is 3. The van der Waals surface area contributed by atoms with Crippen molar-refractivity contribution in [2.45, 2.75) is 18.9 Å². The number of nitrogens with one attached hydrogen (secondary N) is 1. The number of carbonyl (C=O) groups is 2. The van der Waals surface area contributed by atoms with Gasteiger partial charge in [-0.1, -0.05) is 36.4 Å². The summed E-state index contributed by atoms with van der Waals surface area (Å²) in [4.78, 5) is 24.2. The van der Waals surface area contributed by atoms with Crippen LogP contribution >= 0.6 is 11.3 Å². The van der Waals surface area contributed by atoms with E-state index < -0.39 is 11.9 Å². The Morgan fingerprint density at radius 2 is 1.95 bits per heavy atom. The second kappa shape index (κ2) is 6.32. The molecule has 0 saturated heterocycles. The van der Waals surface area contributed by atoms with Gasteiger partial charge in [0.15, 0.2) is 0 Å². The third-order valence-corrected chi connectivity index (χ3v) is 4.92. The van der Waals surface area contributed by atoms with Gasteiger partial charge in [0.1, 0.15) is 0 Å². The van der Waals surface area contributed by atoms with Crippen molar-refractivity contribution in [1.29, 1.82) is 0 Å². The van der Waals surface area contributed by atoms with Gasteiger partial charge in [0.25, 0.3) is 0 Å². The van der Waals surface area contributed by atoms with Crippen molar-refractivity contribution >= 4 is 23.2 Å². The second-order valence-corrected chi connectivity index (χ2v) is 6.53. The monoisotopic (exact) mass is 315 g/mol. The first kappa shape index (κ1) is 14.8. The summed E-state index contributed by atoms with van der Waals surface area (Å²) >= 11 is 1.60. The quantitative estimate of drug-likeness (QED) is 0.861. The van der Waals surface area contributed by atoms with E-state index in [1.54, 1.807) is 11.3 Å². The molecule has 1 amide bonds. The van der Waals surface area contributed by atoms with Crippen molar-refractivity contribution in [2.75, 3.05) is 0 Å². The number of hydrogen-bond donors (Lipinski definition) is 2. The molecule has 0 bridgehead atoms. The summed E-state index contributed by atoms with van der Waals surface area (Å²) in [5.74, 6) is -1.92. The van der Waals surface area contributed by atoms with Crippen LogP contribution in [0.3, 0.4) is 0 Å². The summed E-state index contributed by atoms with van der Waals surface area (Å²) in [6, 6.07) is 13.8. The Bertz CT molecular complexity index is 654. The van der Waals surface area contributed by atoms with Crippen LogP contribution in [-0.2, 0) is 16.0 Å². The van der Waals surface area contributed by atoms with E-state index in [0.29, 0.717) is 12.8 Å². The number of carboxylic acids is 1. The fourth-order valence-electron chi connectivity index (χ4n) is 2.60. The molecule has 0 radical (unpaired) electrons. The third-order valence-electron chi connectivity index (χ3n) is 3.93. The zero-order valence-electron chi connectivity index (χ0n) is 11.9. The molecule has 1 aliphatic rings. The fourth-order valence-corrected chi connectivity index (χ4v) is 3.38. The van der Waals surface area contributed by atoms with Crippen molar-refractivity contribution in [3.8, 4) is 0 Å². The van der Waals surface area contributed by atoms with Gasteiger partial charge in [-0.3, -0.25) is 9.59 Å². The molecule has 0 aliphatic heterocycles. The normalized spacial score (nSPS) is 21.1. The molecule has 1 heterocycles. The van der Waals surface area contributed by atoms with Gasteiger partial charge in [-0.25, -0.2) is 0 Å². The molecular formula is C17H17NO3S. The van der Waals surface area contributed by atoms with Crippen molar-refractivity contribution in [2.24, 2.45) is 11.8 Å². The average molecular weight is 315 g/mol. The molecule has 1 fully saturated rings. The lowest BCUT2D eigenvalue weighted by Gasteiger charge is -2.18. The summed E-state index contributed by atoms with van der Waals surface area (Å²) in [7, 11) is 0. The number of carboxylic acid groups (broad SMARTS) is 1. The van der Waals surface area contributed by atoms with Crippen LogP contribution in [0.15, 0.2) is 47.8 Å². The van der Waals surface area contributed by atoms with Crippen LogP contribution in [0.4, 0.5) is 0 Å². The van der Waals surface area contributed by atoms with Gasteiger partial charge >= 0.3 is 5.97 Å². The van der Waals surface area contributed by atoms with E-state index in [9.17, 15) is 9.59 Å². The first-order valence-corrected chi connectivity index (χ1v) is 8.13. The first-order valence-electron chi connectivity index (χ1n) is 7.25. The van der Waals surface area contributed by atoms with Gasteiger partial charge in [0, 0.05) is 4.88 Å². The lowest BCUT2D eigenvalue weighted by molar-refractivity contribution is -0.140. The van der Waals surface area contributed by atoms with Gasteiger partial charge in [-0.2, -0.15) is 0 Å². The highest BCUT2D eigenvalue weighted by molar-refractivity contribution is 7.10. The molecule has 2 N–H and O–H groups in total. The molecular weight excluding hydrogens is 298 g/mol. The molecule has 114 valence electrons. The number of carbonyl (C=O) groups excluding carboxylic acids is 1. The summed E-state index contributed by atoms with van der Waals surface area (Å²) in [5.41, 5.74) is 1.15. The highest BCUT2D eigenvalue weighted by Crippen LogP contribution is 2.39. The first-order chi connectivity index (χ1) is 10.6. The Labute approximate surface area is 132 Å². The summed E-state index contributed by atoms with van der Waals surface area (Å²) in [6.45, 7) is 0. The predicted molar refractivity (Wildman–Crippen MR) is 84.6 cm³/mol.